The second kappa shape index (κ2) is 8.12. The van der Waals surface area contributed by atoms with Crippen molar-refractivity contribution < 1.29 is 17.9 Å². The van der Waals surface area contributed by atoms with Crippen LogP contribution in [0.4, 0.5) is 4.79 Å². The molecule has 1 amide bonds. The molecule has 2 aromatic rings. The van der Waals surface area contributed by atoms with Crippen LogP contribution < -0.4 is 0 Å². The number of nitrogens with zero attached hydrogens (tertiary/aromatic N) is 4. The third-order valence-electron chi connectivity index (χ3n) is 4.75. The zero-order valence-corrected chi connectivity index (χ0v) is 18.7. The van der Waals surface area contributed by atoms with Gasteiger partial charge in [-0.15, -0.1) is 0 Å². The Kier molecular flexibility index (Phi) is 6.12. The topological polar surface area (TPSA) is 84.2 Å². The third kappa shape index (κ3) is 4.84. The monoisotopic (exact) mass is 442 g/mol. The lowest BCUT2D eigenvalue weighted by molar-refractivity contribution is 0.0258. The molecule has 160 valence electrons. The van der Waals surface area contributed by atoms with E-state index in [0.717, 1.165) is 6.42 Å². The molecule has 1 fully saturated rings. The van der Waals surface area contributed by atoms with Crippen LogP contribution in [0.3, 0.4) is 0 Å². The first kappa shape index (κ1) is 21.9. The molecule has 1 saturated heterocycles. The Morgan fingerprint density at radius 2 is 2.10 bits per heavy atom. The lowest BCUT2D eigenvalue weighted by Crippen LogP contribution is -2.45. The molecule has 0 N–H and O–H groups in total. The molecule has 1 aliphatic rings. The Balaban J connectivity index is 1.76. The normalized spacial score (nSPS) is 18.7. The van der Waals surface area contributed by atoms with Gasteiger partial charge >= 0.3 is 6.09 Å². The highest BCUT2D eigenvalue weighted by Crippen LogP contribution is 2.29. The molecule has 0 aromatic carbocycles. The van der Waals surface area contributed by atoms with Gasteiger partial charge < -0.3 is 9.64 Å². The number of hydrogen-bond donors (Lipinski definition) is 0. The van der Waals surface area contributed by atoms with Crippen molar-refractivity contribution in [3.63, 3.8) is 0 Å². The Bertz CT molecular complexity index is 999. The number of halogens is 1. The molecule has 0 spiro atoms. The number of sulfonamides is 1. The highest BCUT2D eigenvalue weighted by molar-refractivity contribution is 7.89. The Labute approximate surface area is 176 Å². The maximum atomic E-state index is 13.3. The van der Waals surface area contributed by atoms with Crippen LogP contribution in [0.1, 0.15) is 33.6 Å². The van der Waals surface area contributed by atoms with Gasteiger partial charge in [0.25, 0.3) is 10.0 Å². The first-order valence-electron chi connectivity index (χ1n) is 9.56. The van der Waals surface area contributed by atoms with Crippen molar-refractivity contribution in [2.24, 2.45) is 5.92 Å². The summed E-state index contributed by atoms with van der Waals surface area (Å²) in [7, 11) is -2.16. The summed E-state index contributed by atoms with van der Waals surface area (Å²) in [4.78, 5) is 17.9. The van der Waals surface area contributed by atoms with Crippen molar-refractivity contribution in [2.45, 2.75) is 44.2 Å². The second-order valence-electron chi connectivity index (χ2n) is 8.37. The number of piperidine rings is 1. The Morgan fingerprint density at radius 3 is 2.79 bits per heavy atom. The molecule has 1 atom stereocenters. The SMILES string of the molecule is CN(C[C@@H]1CCCN(S(=O)(=O)c2c(Cl)nc3ccccn23)C1)C(=O)OC(C)(C)C. The molecule has 0 unspecified atom stereocenters. The number of fused-ring (bicyclic) bond motifs is 1. The van der Waals surface area contributed by atoms with E-state index in [1.54, 1.807) is 31.4 Å². The molecule has 0 radical (unpaired) electrons. The largest absolute Gasteiger partial charge is 0.444 e. The summed E-state index contributed by atoms with van der Waals surface area (Å²) in [6.07, 6.45) is 2.77. The van der Waals surface area contributed by atoms with Crippen molar-refractivity contribution in [1.29, 1.82) is 0 Å². The quantitative estimate of drug-likeness (QED) is 0.725. The van der Waals surface area contributed by atoms with Crippen LogP contribution in [-0.4, -0.2) is 65.4 Å². The smallest absolute Gasteiger partial charge is 0.410 e. The highest BCUT2D eigenvalue weighted by atomic mass is 35.5. The van der Waals surface area contributed by atoms with E-state index in [4.69, 9.17) is 16.3 Å². The standard InChI is InChI=1S/C19H27ClN4O4S/c1-19(2,3)28-18(25)22(4)12-14-8-7-10-23(13-14)29(26,27)17-16(20)21-15-9-5-6-11-24(15)17/h5-6,9,11,14H,7-8,10,12-13H2,1-4H3/t14-/m0/s1. The van der Waals surface area contributed by atoms with E-state index in [9.17, 15) is 13.2 Å². The van der Waals surface area contributed by atoms with Crippen molar-refractivity contribution in [3.8, 4) is 0 Å². The number of imidazole rings is 1. The molecule has 29 heavy (non-hydrogen) atoms. The van der Waals surface area contributed by atoms with Crippen LogP contribution in [0.5, 0.6) is 0 Å². The van der Waals surface area contributed by atoms with Gasteiger partial charge in [0.1, 0.15) is 11.2 Å². The second-order valence-corrected chi connectivity index (χ2v) is 10.6. The fourth-order valence-electron chi connectivity index (χ4n) is 3.49. The van der Waals surface area contributed by atoms with Crippen molar-refractivity contribution in [3.05, 3.63) is 29.5 Å². The summed E-state index contributed by atoms with van der Waals surface area (Å²) in [5.41, 5.74) is -0.0955. The number of ether oxygens (including phenoxy) is 1. The van der Waals surface area contributed by atoms with Gasteiger partial charge in [-0.1, -0.05) is 17.7 Å². The van der Waals surface area contributed by atoms with E-state index in [1.807, 2.05) is 20.8 Å². The van der Waals surface area contributed by atoms with E-state index >= 15 is 0 Å². The van der Waals surface area contributed by atoms with E-state index in [2.05, 4.69) is 4.98 Å². The molecular formula is C19H27ClN4O4S. The number of carbonyl (C=O) groups is 1. The maximum absolute atomic E-state index is 13.3. The number of amides is 1. The summed E-state index contributed by atoms with van der Waals surface area (Å²) >= 11 is 6.19. The average Bonchev–Trinajstić information content (AvgIpc) is 2.96. The predicted octanol–water partition coefficient (Wildman–Crippen LogP) is 3.26. The zero-order chi connectivity index (χ0) is 21.4. The molecule has 8 nitrogen and oxygen atoms in total. The molecule has 0 saturated carbocycles. The third-order valence-corrected chi connectivity index (χ3v) is 7.02. The molecule has 2 aromatic heterocycles. The molecule has 10 heteroatoms. The van der Waals surface area contributed by atoms with Gasteiger partial charge in [0.2, 0.25) is 0 Å². The van der Waals surface area contributed by atoms with Gasteiger partial charge in [-0.2, -0.15) is 4.31 Å². The van der Waals surface area contributed by atoms with Gasteiger partial charge in [-0.25, -0.2) is 18.2 Å². The first-order chi connectivity index (χ1) is 13.5. The summed E-state index contributed by atoms with van der Waals surface area (Å²) in [5.74, 6) is 0.00834. The van der Waals surface area contributed by atoms with Gasteiger partial charge in [-0.3, -0.25) is 4.40 Å². The van der Waals surface area contributed by atoms with Crippen LogP contribution in [-0.2, 0) is 14.8 Å². The molecule has 0 bridgehead atoms. The van der Waals surface area contributed by atoms with Gasteiger partial charge in [0, 0.05) is 32.9 Å². The maximum Gasteiger partial charge on any atom is 0.410 e. The molecule has 3 heterocycles. The lowest BCUT2D eigenvalue weighted by atomic mass is 9.99. The molecule has 1 aliphatic heterocycles. The molecular weight excluding hydrogens is 416 g/mol. The Morgan fingerprint density at radius 1 is 1.38 bits per heavy atom. The minimum Gasteiger partial charge on any atom is -0.444 e. The summed E-state index contributed by atoms with van der Waals surface area (Å²) in [5, 5.41) is -0.0555. The summed E-state index contributed by atoms with van der Waals surface area (Å²) in [6, 6.07) is 5.22. The Hall–Kier alpha value is -1.84. The number of pyridine rings is 1. The van der Waals surface area contributed by atoms with Crippen LogP contribution in [0.15, 0.2) is 29.4 Å². The number of hydrogen-bond acceptors (Lipinski definition) is 5. The van der Waals surface area contributed by atoms with Crippen molar-refractivity contribution >= 4 is 33.4 Å². The highest BCUT2D eigenvalue weighted by Gasteiger charge is 2.35. The average molecular weight is 443 g/mol. The van der Waals surface area contributed by atoms with Crippen LogP contribution in [0.2, 0.25) is 5.15 Å². The zero-order valence-electron chi connectivity index (χ0n) is 17.1. The molecule has 3 rings (SSSR count). The van der Waals surface area contributed by atoms with E-state index in [1.165, 1.54) is 13.6 Å². The van der Waals surface area contributed by atoms with Crippen molar-refractivity contribution in [2.75, 3.05) is 26.7 Å². The predicted molar refractivity (Wildman–Crippen MR) is 111 cm³/mol. The van der Waals surface area contributed by atoms with E-state index < -0.39 is 21.7 Å². The van der Waals surface area contributed by atoms with Crippen LogP contribution in [0, 0.1) is 5.92 Å². The van der Waals surface area contributed by atoms with E-state index in [-0.39, 0.29) is 16.1 Å². The van der Waals surface area contributed by atoms with Crippen LogP contribution >= 0.6 is 11.6 Å². The van der Waals surface area contributed by atoms with Crippen molar-refractivity contribution in [1.82, 2.24) is 18.6 Å². The minimum atomic E-state index is -3.83. The van der Waals surface area contributed by atoms with Crippen LogP contribution in [0.25, 0.3) is 5.65 Å². The number of carbonyl (C=O) groups excluding carboxylic acids is 1. The van der Waals surface area contributed by atoms with Gasteiger partial charge in [-0.05, 0) is 51.7 Å². The summed E-state index contributed by atoms with van der Waals surface area (Å²) < 4.78 is 34.9. The first-order valence-corrected chi connectivity index (χ1v) is 11.4. The van der Waals surface area contributed by atoms with Gasteiger partial charge in [0.05, 0.1) is 0 Å². The minimum absolute atomic E-state index is 0.00834. The van der Waals surface area contributed by atoms with Gasteiger partial charge in [0.15, 0.2) is 10.2 Å². The fraction of sp³-hybridized carbons (Fsp3) is 0.579. The lowest BCUT2D eigenvalue weighted by Gasteiger charge is -2.34. The summed E-state index contributed by atoms with van der Waals surface area (Å²) in [6.45, 7) is 6.58. The number of rotatable bonds is 4. The number of aromatic nitrogens is 2. The fourth-order valence-corrected chi connectivity index (χ4v) is 5.65. The van der Waals surface area contributed by atoms with E-state index in [0.29, 0.717) is 31.7 Å². The molecule has 0 aliphatic carbocycles.